The van der Waals surface area contributed by atoms with Crippen molar-refractivity contribution in [2.45, 2.75) is 13.3 Å². The molecular weight excluding hydrogens is 452 g/mol. The van der Waals surface area contributed by atoms with Crippen LogP contribution in [0, 0.1) is 0 Å². The van der Waals surface area contributed by atoms with Crippen molar-refractivity contribution in [3.05, 3.63) is 70.9 Å². The van der Waals surface area contributed by atoms with Gasteiger partial charge in [0, 0.05) is 16.6 Å². The minimum absolute atomic E-state index is 0.0292. The zero-order valence-corrected chi connectivity index (χ0v) is 19.5. The molecule has 1 aromatic heterocycles. The highest BCUT2D eigenvalue weighted by Gasteiger charge is 2.32. The monoisotopic (exact) mass is 476 g/mol. The standard InChI is InChI=1S/C26H24N2O7/c1-4-15-5-10-21-18(11-15)19(24(29)30)12-22(27-21)16-6-8-17(9-7-16)28-14-35-13-20(25(31)33-2)23(28)26(32)34-3/h5-12H,4,13-14H2,1-3H3,(H,29,30). The highest BCUT2D eigenvalue weighted by Crippen LogP contribution is 2.30. The summed E-state index contributed by atoms with van der Waals surface area (Å²) in [5, 5.41) is 10.4. The molecule has 0 saturated carbocycles. The summed E-state index contributed by atoms with van der Waals surface area (Å²) < 4.78 is 15.2. The van der Waals surface area contributed by atoms with Gasteiger partial charge >= 0.3 is 17.9 Å². The molecule has 0 amide bonds. The zero-order chi connectivity index (χ0) is 25.1. The molecule has 3 aromatic rings. The zero-order valence-electron chi connectivity index (χ0n) is 19.5. The van der Waals surface area contributed by atoms with Crippen molar-refractivity contribution < 1.29 is 33.7 Å². The second-order valence-electron chi connectivity index (χ2n) is 7.83. The minimum atomic E-state index is -1.03. The summed E-state index contributed by atoms with van der Waals surface area (Å²) in [5.74, 6) is -2.40. The van der Waals surface area contributed by atoms with E-state index < -0.39 is 17.9 Å². The van der Waals surface area contributed by atoms with Gasteiger partial charge in [-0.25, -0.2) is 19.4 Å². The van der Waals surface area contributed by atoms with Crippen LogP contribution in [-0.4, -0.2) is 55.6 Å². The number of fused-ring (bicyclic) bond motifs is 1. The number of nitrogens with zero attached hydrogens (tertiary/aromatic N) is 2. The first-order valence-electron chi connectivity index (χ1n) is 10.9. The molecule has 0 bridgehead atoms. The Kier molecular flexibility index (Phi) is 6.79. The van der Waals surface area contributed by atoms with Crippen LogP contribution in [0.2, 0.25) is 0 Å². The summed E-state index contributed by atoms with van der Waals surface area (Å²) in [6, 6.07) is 14.2. The number of carbonyl (C=O) groups excluding carboxylic acids is 2. The van der Waals surface area contributed by atoms with Crippen molar-refractivity contribution in [3.8, 4) is 11.3 Å². The van der Waals surface area contributed by atoms with Gasteiger partial charge < -0.3 is 24.2 Å². The number of carboxylic acids is 1. The van der Waals surface area contributed by atoms with Crippen molar-refractivity contribution in [1.82, 2.24) is 4.98 Å². The van der Waals surface area contributed by atoms with Crippen LogP contribution in [0.4, 0.5) is 5.69 Å². The first kappa shape index (κ1) is 23.9. The number of benzene rings is 2. The van der Waals surface area contributed by atoms with Gasteiger partial charge in [-0.3, -0.25) is 0 Å². The quantitative estimate of drug-likeness (QED) is 0.533. The average molecular weight is 476 g/mol. The number of carboxylic acid groups (broad SMARTS) is 1. The summed E-state index contributed by atoms with van der Waals surface area (Å²) in [6.45, 7) is 1.96. The van der Waals surface area contributed by atoms with E-state index in [4.69, 9.17) is 14.2 Å². The van der Waals surface area contributed by atoms with Crippen LogP contribution in [0.3, 0.4) is 0 Å². The SMILES string of the molecule is CCc1ccc2nc(-c3ccc(N4COCC(C(=O)OC)=C4C(=O)OC)cc3)cc(C(=O)O)c2c1. The van der Waals surface area contributed by atoms with Crippen LogP contribution >= 0.6 is 0 Å². The van der Waals surface area contributed by atoms with E-state index in [0.29, 0.717) is 27.8 Å². The Morgan fingerprint density at radius 3 is 2.37 bits per heavy atom. The number of pyridine rings is 1. The molecule has 0 fully saturated rings. The van der Waals surface area contributed by atoms with E-state index in [2.05, 4.69) is 4.98 Å². The molecule has 35 heavy (non-hydrogen) atoms. The maximum Gasteiger partial charge on any atom is 0.355 e. The van der Waals surface area contributed by atoms with E-state index in [1.165, 1.54) is 19.1 Å². The molecule has 0 aliphatic carbocycles. The Hall–Kier alpha value is -4.24. The summed E-state index contributed by atoms with van der Waals surface area (Å²) in [4.78, 5) is 42.8. The maximum absolute atomic E-state index is 12.5. The number of aromatic nitrogens is 1. The molecule has 9 nitrogen and oxygen atoms in total. The van der Waals surface area contributed by atoms with Gasteiger partial charge in [-0.05, 0) is 42.3 Å². The lowest BCUT2D eigenvalue weighted by molar-refractivity contribution is -0.140. The highest BCUT2D eigenvalue weighted by atomic mass is 16.5. The van der Waals surface area contributed by atoms with Crippen LogP contribution in [0.1, 0.15) is 22.8 Å². The molecule has 0 unspecified atom stereocenters. The Balaban J connectivity index is 1.75. The molecule has 0 spiro atoms. The molecule has 0 radical (unpaired) electrons. The van der Waals surface area contributed by atoms with Gasteiger partial charge in [-0.2, -0.15) is 0 Å². The largest absolute Gasteiger partial charge is 0.478 e. The van der Waals surface area contributed by atoms with Crippen LogP contribution < -0.4 is 4.90 Å². The molecule has 2 heterocycles. The Bertz CT molecular complexity index is 1350. The fourth-order valence-electron chi connectivity index (χ4n) is 3.98. The van der Waals surface area contributed by atoms with Crippen molar-refractivity contribution in [1.29, 1.82) is 0 Å². The van der Waals surface area contributed by atoms with Crippen LogP contribution in [0.15, 0.2) is 59.8 Å². The number of esters is 2. The lowest BCUT2D eigenvalue weighted by Crippen LogP contribution is -2.38. The molecule has 180 valence electrons. The number of carbonyl (C=O) groups is 3. The third-order valence-electron chi connectivity index (χ3n) is 5.82. The summed E-state index contributed by atoms with van der Waals surface area (Å²) in [7, 11) is 2.46. The third kappa shape index (κ3) is 4.58. The van der Waals surface area contributed by atoms with E-state index in [-0.39, 0.29) is 30.2 Å². The van der Waals surface area contributed by atoms with Gasteiger partial charge in [0.2, 0.25) is 0 Å². The summed E-state index contributed by atoms with van der Waals surface area (Å²) in [6.07, 6.45) is 0.790. The molecule has 2 aromatic carbocycles. The average Bonchev–Trinajstić information content (AvgIpc) is 2.90. The summed E-state index contributed by atoms with van der Waals surface area (Å²) in [5.41, 5.74) is 3.65. The van der Waals surface area contributed by atoms with Gasteiger partial charge in [-0.1, -0.05) is 25.1 Å². The van der Waals surface area contributed by atoms with Crippen molar-refractivity contribution >= 4 is 34.5 Å². The van der Waals surface area contributed by atoms with E-state index in [0.717, 1.165) is 12.0 Å². The van der Waals surface area contributed by atoms with E-state index in [1.807, 2.05) is 25.1 Å². The van der Waals surface area contributed by atoms with Gasteiger partial charge in [0.15, 0.2) is 0 Å². The Morgan fingerprint density at radius 2 is 1.74 bits per heavy atom. The lowest BCUT2D eigenvalue weighted by Gasteiger charge is -2.31. The van der Waals surface area contributed by atoms with Crippen molar-refractivity contribution in [2.75, 3.05) is 32.5 Å². The molecule has 1 aliphatic rings. The van der Waals surface area contributed by atoms with Gasteiger partial charge in [-0.15, -0.1) is 0 Å². The molecule has 4 rings (SSSR count). The van der Waals surface area contributed by atoms with E-state index in [9.17, 15) is 19.5 Å². The second kappa shape index (κ2) is 9.94. The highest BCUT2D eigenvalue weighted by molar-refractivity contribution is 6.04. The second-order valence-corrected chi connectivity index (χ2v) is 7.83. The minimum Gasteiger partial charge on any atom is -0.478 e. The number of aryl methyl sites for hydroxylation is 1. The maximum atomic E-state index is 12.5. The Labute approximate surface area is 201 Å². The Morgan fingerprint density at radius 1 is 1.03 bits per heavy atom. The van der Waals surface area contributed by atoms with Crippen molar-refractivity contribution in [2.24, 2.45) is 0 Å². The normalized spacial score (nSPS) is 13.6. The van der Waals surface area contributed by atoms with Crippen molar-refractivity contribution in [3.63, 3.8) is 0 Å². The van der Waals surface area contributed by atoms with E-state index in [1.54, 1.807) is 30.3 Å². The first-order chi connectivity index (χ1) is 16.9. The number of hydrogen-bond donors (Lipinski definition) is 1. The molecule has 0 saturated heterocycles. The fraction of sp³-hybridized carbons (Fsp3) is 0.231. The van der Waals surface area contributed by atoms with Crippen LogP contribution in [0.25, 0.3) is 22.2 Å². The van der Waals surface area contributed by atoms with Crippen LogP contribution in [0.5, 0.6) is 0 Å². The molecule has 0 atom stereocenters. The number of rotatable bonds is 6. The van der Waals surface area contributed by atoms with Gasteiger partial charge in [0.25, 0.3) is 0 Å². The predicted octanol–water partition coefficient (Wildman–Crippen LogP) is 3.56. The number of aromatic carboxylic acids is 1. The first-order valence-corrected chi connectivity index (χ1v) is 10.9. The topological polar surface area (TPSA) is 115 Å². The number of hydrogen-bond acceptors (Lipinski definition) is 8. The summed E-state index contributed by atoms with van der Waals surface area (Å²) >= 11 is 0. The van der Waals surface area contributed by atoms with Gasteiger partial charge in [0.05, 0.1) is 43.2 Å². The predicted molar refractivity (Wildman–Crippen MR) is 128 cm³/mol. The number of methoxy groups -OCH3 is 2. The third-order valence-corrected chi connectivity index (χ3v) is 5.82. The molecule has 9 heteroatoms. The smallest absolute Gasteiger partial charge is 0.355 e. The lowest BCUT2D eigenvalue weighted by atomic mass is 10.0. The van der Waals surface area contributed by atoms with E-state index >= 15 is 0 Å². The van der Waals surface area contributed by atoms with Crippen LogP contribution in [-0.2, 0) is 30.2 Å². The number of ether oxygens (including phenoxy) is 3. The molecule has 1 N–H and O–H groups in total. The molecular formula is C26H24N2O7. The molecule has 1 aliphatic heterocycles. The number of anilines is 1. The fourth-order valence-corrected chi connectivity index (χ4v) is 3.98. The van der Waals surface area contributed by atoms with Gasteiger partial charge in [0.1, 0.15) is 12.4 Å².